The number of hydrogen-bond donors (Lipinski definition) is 1. The lowest BCUT2D eigenvalue weighted by molar-refractivity contribution is 0.737. The van der Waals surface area contributed by atoms with Gasteiger partial charge in [-0.05, 0) is 17.7 Å². The van der Waals surface area contributed by atoms with Crippen molar-refractivity contribution in [3.63, 3.8) is 0 Å². The summed E-state index contributed by atoms with van der Waals surface area (Å²) in [6, 6.07) is 7.16. The molecule has 1 aromatic carbocycles. The van der Waals surface area contributed by atoms with Gasteiger partial charge >= 0.3 is 11.1 Å². The van der Waals surface area contributed by atoms with Crippen LogP contribution in [-0.4, -0.2) is 9.55 Å². The van der Waals surface area contributed by atoms with Gasteiger partial charge in [-0.25, -0.2) is 0 Å². The summed E-state index contributed by atoms with van der Waals surface area (Å²) in [5, 5.41) is 0.607. The zero-order valence-electron chi connectivity index (χ0n) is 8.31. The molecule has 2 aromatic rings. The van der Waals surface area contributed by atoms with Gasteiger partial charge in [-0.2, -0.15) is 0 Å². The molecule has 0 bridgehead atoms. The highest BCUT2D eigenvalue weighted by Crippen LogP contribution is 2.10. The summed E-state index contributed by atoms with van der Waals surface area (Å²) >= 11 is 5.83. The molecule has 4 nitrogen and oxygen atoms in total. The Kier molecular flexibility index (Phi) is 2.92. The van der Waals surface area contributed by atoms with E-state index in [4.69, 9.17) is 11.6 Å². The van der Waals surface area contributed by atoms with Crippen molar-refractivity contribution in [3.8, 4) is 0 Å². The summed E-state index contributed by atoms with van der Waals surface area (Å²) in [5.74, 6) is 0. The third kappa shape index (κ3) is 2.23. The van der Waals surface area contributed by atoms with Crippen molar-refractivity contribution in [2.24, 2.45) is 0 Å². The predicted molar refractivity (Wildman–Crippen MR) is 61.9 cm³/mol. The fraction of sp³-hybridized carbons (Fsp3) is 0.0909. The molecule has 0 aliphatic carbocycles. The third-order valence-electron chi connectivity index (χ3n) is 2.17. The van der Waals surface area contributed by atoms with Gasteiger partial charge in [-0.1, -0.05) is 23.7 Å². The van der Waals surface area contributed by atoms with Gasteiger partial charge in [0.25, 0.3) is 0 Å². The van der Waals surface area contributed by atoms with Crippen LogP contribution in [0.15, 0.2) is 46.2 Å². The number of benzene rings is 1. The van der Waals surface area contributed by atoms with E-state index in [2.05, 4.69) is 4.98 Å². The predicted octanol–water partition coefficient (Wildman–Crippen LogP) is 1.24. The van der Waals surface area contributed by atoms with Crippen molar-refractivity contribution in [1.82, 2.24) is 9.55 Å². The Balaban J connectivity index is 2.38. The first-order valence-electron chi connectivity index (χ1n) is 4.69. The second kappa shape index (κ2) is 4.37. The Hall–Kier alpha value is -1.81. The largest absolute Gasteiger partial charge is 0.323 e. The summed E-state index contributed by atoms with van der Waals surface area (Å²) < 4.78 is 1.34. The first kappa shape index (κ1) is 10.7. The molecule has 0 spiro atoms. The molecule has 82 valence electrons. The average Bonchev–Trinajstić information content (AvgIpc) is 2.25. The van der Waals surface area contributed by atoms with Gasteiger partial charge in [-0.15, -0.1) is 0 Å². The van der Waals surface area contributed by atoms with E-state index in [9.17, 15) is 9.59 Å². The highest BCUT2D eigenvalue weighted by atomic mass is 35.5. The molecule has 0 aliphatic heterocycles. The molecule has 0 fully saturated rings. The first-order valence-corrected chi connectivity index (χ1v) is 5.07. The van der Waals surface area contributed by atoms with Crippen LogP contribution in [0.1, 0.15) is 5.56 Å². The van der Waals surface area contributed by atoms with Gasteiger partial charge in [0.05, 0.1) is 6.54 Å². The lowest BCUT2D eigenvalue weighted by atomic mass is 10.2. The molecule has 0 atom stereocenters. The maximum atomic E-state index is 11.4. The van der Waals surface area contributed by atoms with Crippen LogP contribution in [0.4, 0.5) is 0 Å². The number of aromatic nitrogens is 2. The molecule has 0 aliphatic rings. The van der Waals surface area contributed by atoms with Crippen LogP contribution in [0.3, 0.4) is 0 Å². The standard InChI is InChI=1S/C11H9ClN2O2/c12-9-3-1-2-8(6-9)7-14-5-4-13-10(15)11(14)16/h1-6H,7H2,(H,13,15). The van der Waals surface area contributed by atoms with E-state index in [1.807, 2.05) is 6.07 Å². The molecule has 2 rings (SSSR count). The first-order chi connectivity index (χ1) is 7.66. The fourth-order valence-corrected chi connectivity index (χ4v) is 1.63. The molecular weight excluding hydrogens is 228 g/mol. The molecule has 0 saturated heterocycles. The monoisotopic (exact) mass is 236 g/mol. The quantitative estimate of drug-likeness (QED) is 0.798. The molecular formula is C11H9ClN2O2. The lowest BCUT2D eigenvalue weighted by Crippen LogP contribution is -2.35. The van der Waals surface area contributed by atoms with Crippen LogP contribution in [0, 0.1) is 0 Å². The van der Waals surface area contributed by atoms with E-state index in [1.165, 1.54) is 17.0 Å². The molecule has 0 unspecified atom stereocenters. The highest BCUT2D eigenvalue weighted by Gasteiger charge is 2.00. The minimum atomic E-state index is -0.621. The number of halogens is 1. The molecule has 0 saturated carbocycles. The maximum Gasteiger partial charge on any atom is 0.316 e. The van der Waals surface area contributed by atoms with Crippen LogP contribution in [0.2, 0.25) is 5.02 Å². The fourth-order valence-electron chi connectivity index (χ4n) is 1.42. The summed E-state index contributed by atoms with van der Waals surface area (Å²) in [6.07, 6.45) is 2.97. The third-order valence-corrected chi connectivity index (χ3v) is 2.40. The smallest absolute Gasteiger partial charge is 0.316 e. The molecule has 16 heavy (non-hydrogen) atoms. The van der Waals surface area contributed by atoms with E-state index < -0.39 is 11.1 Å². The molecule has 0 amide bonds. The van der Waals surface area contributed by atoms with Crippen molar-refractivity contribution in [2.45, 2.75) is 6.54 Å². The summed E-state index contributed by atoms with van der Waals surface area (Å²) in [4.78, 5) is 24.8. The number of aromatic amines is 1. The van der Waals surface area contributed by atoms with Gasteiger partial charge in [-0.3, -0.25) is 9.59 Å². The molecule has 5 heteroatoms. The zero-order valence-corrected chi connectivity index (χ0v) is 9.07. The van der Waals surface area contributed by atoms with Gasteiger partial charge < -0.3 is 9.55 Å². The Bertz CT molecular complexity index is 616. The van der Waals surface area contributed by atoms with E-state index in [0.717, 1.165) is 5.56 Å². The van der Waals surface area contributed by atoms with Crippen LogP contribution in [-0.2, 0) is 6.54 Å². The molecule has 1 heterocycles. The van der Waals surface area contributed by atoms with Gasteiger partial charge in [0.1, 0.15) is 0 Å². The minimum Gasteiger partial charge on any atom is -0.323 e. The average molecular weight is 237 g/mol. The van der Waals surface area contributed by atoms with Gasteiger partial charge in [0, 0.05) is 17.4 Å². The van der Waals surface area contributed by atoms with Crippen LogP contribution in [0.25, 0.3) is 0 Å². The second-order valence-electron chi connectivity index (χ2n) is 3.35. The van der Waals surface area contributed by atoms with Crippen LogP contribution < -0.4 is 11.1 Å². The topological polar surface area (TPSA) is 54.9 Å². The Morgan fingerprint density at radius 3 is 2.88 bits per heavy atom. The summed E-state index contributed by atoms with van der Waals surface area (Å²) in [7, 11) is 0. The number of rotatable bonds is 2. The summed E-state index contributed by atoms with van der Waals surface area (Å²) in [6.45, 7) is 0.337. The normalized spacial score (nSPS) is 10.3. The SMILES string of the molecule is O=c1[nH]ccn(Cc2cccc(Cl)c2)c1=O. The Morgan fingerprint density at radius 1 is 1.31 bits per heavy atom. The number of nitrogens with zero attached hydrogens (tertiary/aromatic N) is 1. The Labute approximate surface area is 96.1 Å². The Morgan fingerprint density at radius 2 is 2.12 bits per heavy atom. The zero-order chi connectivity index (χ0) is 11.5. The van der Waals surface area contributed by atoms with Crippen LogP contribution in [0.5, 0.6) is 0 Å². The molecule has 1 aromatic heterocycles. The number of hydrogen-bond acceptors (Lipinski definition) is 2. The highest BCUT2D eigenvalue weighted by molar-refractivity contribution is 6.30. The number of nitrogens with one attached hydrogen (secondary N) is 1. The van der Waals surface area contributed by atoms with E-state index in [0.29, 0.717) is 11.6 Å². The van der Waals surface area contributed by atoms with Crippen molar-refractivity contribution in [2.75, 3.05) is 0 Å². The van der Waals surface area contributed by atoms with Crippen molar-refractivity contribution in [3.05, 3.63) is 68.0 Å². The van der Waals surface area contributed by atoms with Crippen LogP contribution >= 0.6 is 11.6 Å². The van der Waals surface area contributed by atoms with E-state index >= 15 is 0 Å². The lowest BCUT2D eigenvalue weighted by Gasteiger charge is -2.04. The maximum absolute atomic E-state index is 11.4. The molecule has 0 radical (unpaired) electrons. The number of H-pyrrole nitrogens is 1. The van der Waals surface area contributed by atoms with Crippen molar-refractivity contribution < 1.29 is 0 Å². The molecule has 1 N–H and O–H groups in total. The summed E-state index contributed by atoms with van der Waals surface area (Å²) in [5.41, 5.74) is -0.313. The van der Waals surface area contributed by atoms with Crippen molar-refractivity contribution in [1.29, 1.82) is 0 Å². The van der Waals surface area contributed by atoms with E-state index in [-0.39, 0.29) is 0 Å². The van der Waals surface area contributed by atoms with Gasteiger partial charge in [0.15, 0.2) is 0 Å². The minimum absolute atomic E-state index is 0.337. The van der Waals surface area contributed by atoms with Gasteiger partial charge in [0.2, 0.25) is 0 Å². The van der Waals surface area contributed by atoms with E-state index in [1.54, 1.807) is 18.2 Å². The van der Waals surface area contributed by atoms with Crippen molar-refractivity contribution >= 4 is 11.6 Å². The second-order valence-corrected chi connectivity index (χ2v) is 3.79.